The van der Waals surface area contributed by atoms with Crippen molar-refractivity contribution in [2.45, 2.75) is 13.8 Å². The molecular formula is C10H14N2O3. The standard InChI is InChI=1S/C10H14N2O3/c1-7(2)6-15-12-10(14)8-3-4-11-9(13)5-8/h3-5,7H,6H2,1-2H3,(H,11,13)(H,12,14). The smallest absolute Gasteiger partial charge is 0.275 e. The number of aromatic nitrogens is 1. The first-order valence-electron chi connectivity index (χ1n) is 4.70. The van der Waals surface area contributed by atoms with Gasteiger partial charge in [0.2, 0.25) is 5.56 Å². The van der Waals surface area contributed by atoms with Crippen molar-refractivity contribution >= 4 is 5.91 Å². The fourth-order valence-corrected chi connectivity index (χ4v) is 0.919. The number of H-pyrrole nitrogens is 1. The number of aromatic amines is 1. The molecule has 5 nitrogen and oxygen atoms in total. The number of rotatable bonds is 4. The van der Waals surface area contributed by atoms with Gasteiger partial charge in [0.1, 0.15) is 0 Å². The topological polar surface area (TPSA) is 71.2 Å². The van der Waals surface area contributed by atoms with Gasteiger partial charge in [0.05, 0.1) is 6.61 Å². The molecule has 5 heteroatoms. The summed E-state index contributed by atoms with van der Waals surface area (Å²) in [6.07, 6.45) is 1.42. The Morgan fingerprint density at radius 3 is 2.93 bits per heavy atom. The lowest BCUT2D eigenvalue weighted by molar-refractivity contribution is 0.0208. The van der Waals surface area contributed by atoms with Crippen LogP contribution in [0.4, 0.5) is 0 Å². The first kappa shape index (κ1) is 11.5. The zero-order valence-corrected chi connectivity index (χ0v) is 8.74. The fraction of sp³-hybridized carbons (Fsp3) is 0.400. The van der Waals surface area contributed by atoms with E-state index in [2.05, 4.69) is 10.5 Å². The molecule has 0 aromatic carbocycles. The van der Waals surface area contributed by atoms with Crippen LogP contribution in [0.3, 0.4) is 0 Å². The van der Waals surface area contributed by atoms with Crippen molar-refractivity contribution in [2.24, 2.45) is 5.92 Å². The minimum absolute atomic E-state index is 0.280. The van der Waals surface area contributed by atoms with E-state index in [9.17, 15) is 9.59 Å². The highest BCUT2D eigenvalue weighted by Gasteiger charge is 2.05. The molecule has 0 unspecified atom stereocenters. The molecule has 0 bridgehead atoms. The molecule has 0 saturated carbocycles. The van der Waals surface area contributed by atoms with Crippen molar-refractivity contribution in [3.63, 3.8) is 0 Å². The van der Waals surface area contributed by atoms with Gasteiger partial charge in [-0.3, -0.25) is 14.4 Å². The molecule has 0 aliphatic carbocycles. The molecule has 0 aliphatic heterocycles. The molecule has 0 atom stereocenters. The van der Waals surface area contributed by atoms with Crippen LogP contribution in [0.2, 0.25) is 0 Å². The van der Waals surface area contributed by atoms with Crippen LogP contribution in [-0.2, 0) is 4.84 Å². The second-order valence-electron chi connectivity index (χ2n) is 3.58. The predicted octanol–water partition coefficient (Wildman–Crippen LogP) is 0.692. The summed E-state index contributed by atoms with van der Waals surface area (Å²) < 4.78 is 0. The van der Waals surface area contributed by atoms with E-state index in [1.807, 2.05) is 13.8 Å². The summed E-state index contributed by atoms with van der Waals surface area (Å²) in [5.74, 6) is -0.0776. The summed E-state index contributed by atoms with van der Waals surface area (Å²) in [6, 6.07) is 2.73. The number of nitrogens with one attached hydrogen (secondary N) is 2. The Balaban J connectivity index is 2.51. The van der Waals surface area contributed by atoms with Gasteiger partial charge in [0.15, 0.2) is 0 Å². The maximum Gasteiger partial charge on any atom is 0.275 e. The zero-order valence-electron chi connectivity index (χ0n) is 8.74. The maximum absolute atomic E-state index is 11.4. The molecular weight excluding hydrogens is 196 g/mol. The Hall–Kier alpha value is -1.62. The number of hydrogen-bond acceptors (Lipinski definition) is 3. The molecule has 0 spiro atoms. The zero-order chi connectivity index (χ0) is 11.3. The van der Waals surface area contributed by atoms with Crippen LogP contribution in [-0.4, -0.2) is 17.5 Å². The van der Waals surface area contributed by atoms with Crippen molar-refractivity contribution in [1.82, 2.24) is 10.5 Å². The second-order valence-corrected chi connectivity index (χ2v) is 3.58. The first-order chi connectivity index (χ1) is 7.09. The van der Waals surface area contributed by atoms with E-state index in [1.54, 1.807) is 0 Å². The molecule has 0 aliphatic rings. The Bertz CT molecular complexity index is 384. The van der Waals surface area contributed by atoms with Gasteiger partial charge in [-0.2, -0.15) is 0 Å². The van der Waals surface area contributed by atoms with Crippen LogP contribution < -0.4 is 11.0 Å². The van der Waals surface area contributed by atoms with Crippen molar-refractivity contribution in [3.8, 4) is 0 Å². The maximum atomic E-state index is 11.4. The Kier molecular flexibility index (Phi) is 4.05. The summed E-state index contributed by atoms with van der Waals surface area (Å²) in [5.41, 5.74) is 2.23. The monoisotopic (exact) mass is 210 g/mol. The van der Waals surface area contributed by atoms with Crippen molar-refractivity contribution in [2.75, 3.05) is 6.61 Å². The minimum Gasteiger partial charge on any atom is -0.329 e. The molecule has 1 heterocycles. The third-order valence-corrected chi connectivity index (χ3v) is 1.62. The molecule has 1 aromatic heterocycles. The fourth-order valence-electron chi connectivity index (χ4n) is 0.919. The Morgan fingerprint density at radius 2 is 2.33 bits per heavy atom. The quantitative estimate of drug-likeness (QED) is 0.718. The van der Waals surface area contributed by atoms with Gasteiger partial charge in [-0.1, -0.05) is 13.8 Å². The first-order valence-corrected chi connectivity index (χ1v) is 4.70. The molecule has 82 valence electrons. The van der Waals surface area contributed by atoms with Gasteiger partial charge in [-0.25, -0.2) is 5.48 Å². The number of hydroxylamine groups is 1. The molecule has 15 heavy (non-hydrogen) atoms. The van der Waals surface area contributed by atoms with E-state index in [0.29, 0.717) is 12.5 Å². The van der Waals surface area contributed by atoms with Gasteiger partial charge in [-0.15, -0.1) is 0 Å². The van der Waals surface area contributed by atoms with Crippen LogP contribution in [0.15, 0.2) is 23.1 Å². The summed E-state index contributed by atoms with van der Waals surface area (Å²) in [4.78, 5) is 29.7. The van der Waals surface area contributed by atoms with E-state index >= 15 is 0 Å². The van der Waals surface area contributed by atoms with Gasteiger partial charge in [0, 0.05) is 17.8 Å². The molecule has 0 fully saturated rings. The van der Waals surface area contributed by atoms with Crippen LogP contribution >= 0.6 is 0 Å². The average molecular weight is 210 g/mol. The highest BCUT2D eigenvalue weighted by atomic mass is 16.6. The number of pyridine rings is 1. The summed E-state index contributed by atoms with van der Waals surface area (Å²) in [5, 5.41) is 0. The molecule has 0 radical (unpaired) electrons. The highest BCUT2D eigenvalue weighted by molar-refractivity contribution is 5.93. The lowest BCUT2D eigenvalue weighted by atomic mass is 10.2. The van der Waals surface area contributed by atoms with E-state index in [-0.39, 0.29) is 11.1 Å². The predicted molar refractivity (Wildman–Crippen MR) is 55.3 cm³/mol. The lowest BCUT2D eigenvalue weighted by Crippen LogP contribution is -2.26. The number of carbonyl (C=O) groups excluding carboxylic acids is 1. The lowest BCUT2D eigenvalue weighted by Gasteiger charge is -2.07. The van der Waals surface area contributed by atoms with Crippen molar-refractivity contribution < 1.29 is 9.63 Å². The highest BCUT2D eigenvalue weighted by Crippen LogP contribution is 1.94. The van der Waals surface area contributed by atoms with Crippen molar-refractivity contribution in [1.29, 1.82) is 0 Å². The Morgan fingerprint density at radius 1 is 1.60 bits per heavy atom. The van der Waals surface area contributed by atoms with E-state index in [0.717, 1.165) is 0 Å². The average Bonchev–Trinajstić information content (AvgIpc) is 2.17. The van der Waals surface area contributed by atoms with Gasteiger partial charge in [-0.05, 0) is 12.0 Å². The molecule has 1 rings (SSSR count). The summed E-state index contributed by atoms with van der Waals surface area (Å²) in [7, 11) is 0. The number of hydrogen-bond donors (Lipinski definition) is 2. The van der Waals surface area contributed by atoms with Crippen LogP contribution in [0.5, 0.6) is 0 Å². The normalized spacial score (nSPS) is 10.3. The third kappa shape index (κ3) is 3.95. The van der Waals surface area contributed by atoms with E-state index < -0.39 is 5.91 Å². The van der Waals surface area contributed by atoms with Crippen LogP contribution in [0.25, 0.3) is 0 Å². The van der Waals surface area contributed by atoms with Gasteiger partial charge in [0.25, 0.3) is 5.91 Å². The third-order valence-electron chi connectivity index (χ3n) is 1.62. The van der Waals surface area contributed by atoms with Crippen LogP contribution in [0.1, 0.15) is 24.2 Å². The molecule has 1 amide bonds. The second kappa shape index (κ2) is 5.31. The molecule has 2 N–H and O–H groups in total. The van der Waals surface area contributed by atoms with E-state index in [4.69, 9.17) is 4.84 Å². The van der Waals surface area contributed by atoms with Gasteiger partial charge >= 0.3 is 0 Å². The van der Waals surface area contributed by atoms with Crippen LogP contribution in [0, 0.1) is 5.92 Å². The van der Waals surface area contributed by atoms with E-state index in [1.165, 1.54) is 18.3 Å². The van der Waals surface area contributed by atoms with Gasteiger partial charge < -0.3 is 4.98 Å². The van der Waals surface area contributed by atoms with Crippen molar-refractivity contribution in [3.05, 3.63) is 34.2 Å². The Labute approximate surface area is 87.4 Å². The molecule has 1 aromatic rings. The largest absolute Gasteiger partial charge is 0.329 e. The summed E-state index contributed by atoms with van der Waals surface area (Å²) in [6.45, 7) is 4.38. The number of carbonyl (C=O) groups is 1. The SMILES string of the molecule is CC(C)CONC(=O)c1cc[nH]c(=O)c1. The molecule has 0 saturated heterocycles. The minimum atomic E-state index is -0.415. The number of amides is 1. The summed E-state index contributed by atoms with van der Waals surface area (Å²) >= 11 is 0.